The smallest absolute Gasteiger partial charge is 0.349 e. The van der Waals surface area contributed by atoms with E-state index in [4.69, 9.17) is 4.74 Å². The lowest BCUT2D eigenvalue weighted by molar-refractivity contribution is -0.384. The third kappa shape index (κ3) is 4.19. The van der Waals surface area contributed by atoms with Gasteiger partial charge in [0.2, 0.25) is 10.0 Å². The van der Waals surface area contributed by atoms with Crippen LogP contribution in [-0.2, 0) is 14.8 Å². The zero-order chi connectivity index (χ0) is 24.6. The van der Waals surface area contributed by atoms with Crippen LogP contribution in [0.25, 0.3) is 5.69 Å². The molecule has 34 heavy (non-hydrogen) atoms. The molecular formula is C22H24N4O6S2. The van der Waals surface area contributed by atoms with E-state index in [1.165, 1.54) is 23.5 Å². The second-order valence-electron chi connectivity index (χ2n) is 7.88. The second-order valence-corrected chi connectivity index (χ2v) is 10.7. The number of aryl methyl sites for hydroxylation is 2. The molecule has 0 bridgehead atoms. The van der Waals surface area contributed by atoms with E-state index in [-0.39, 0.29) is 28.5 Å². The van der Waals surface area contributed by atoms with E-state index in [2.05, 4.69) is 0 Å². The van der Waals surface area contributed by atoms with Crippen LogP contribution in [0.3, 0.4) is 0 Å². The lowest BCUT2D eigenvalue weighted by Crippen LogP contribution is -2.49. The summed E-state index contributed by atoms with van der Waals surface area (Å²) >= 11 is 1.03. The Labute approximate surface area is 201 Å². The predicted molar refractivity (Wildman–Crippen MR) is 129 cm³/mol. The van der Waals surface area contributed by atoms with Crippen molar-refractivity contribution in [3.05, 3.63) is 68.2 Å². The molecule has 0 saturated carbocycles. The Bertz CT molecular complexity index is 1330. The number of carbonyl (C=O) groups is 1. The number of benzene rings is 1. The van der Waals surface area contributed by atoms with Gasteiger partial charge < -0.3 is 14.2 Å². The number of nitrogens with zero attached hydrogens (tertiary/aromatic N) is 4. The van der Waals surface area contributed by atoms with Crippen molar-refractivity contribution in [2.75, 3.05) is 38.2 Å². The molecule has 10 nitrogen and oxygen atoms in total. The number of carbonyl (C=O) groups excluding carboxylic acids is 1. The highest BCUT2D eigenvalue weighted by Gasteiger charge is 2.33. The van der Waals surface area contributed by atoms with Crippen LogP contribution < -0.4 is 4.90 Å². The average Bonchev–Trinajstić information content (AvgIpc) is 3.45. The molecule has 3 heterocycles. The number of ether oxygens (including phenoxy) is 1. The molecule has 0 aliphatic carbocycles. The van der Waals surface area contributed by atoms with Crippen molar-refractivity contribution in [1.82, 2.24) is 8.87 Å². The molecule has 1 aromatic carbocycles. The number of hydrogen-bond donors (Lipinski definition) is 0. The van der Waals surface area contributed by atoms with Gasteiger partial charge >= 0.3 is 5.97 Å². The number of nitro benzene ring substituents is 1. The highest BCUT2D eigenvalue weighted by atomic mass is 32.2. The first-order valence-electron chi connectivity index (χ1n) is 10.5. The first-order chi connectivity index (χ1) is 16.1. The van der Waals surface area contributed by atoms with E-state index in [9.17, 15) is 23.3 Å². The maximum Gasteiger partial charge on any atom is 0.349 e. The highest BCUT2D eigenvalue weighted by molar-refractivity contribution is 7.89. The number of thiophene rings is 1. The van der Waals surface area contributed by atoms with Gasteiger partial charge in [0, 0.05) is 49.7 Å². The minimum atomic E-state index is -3.87. The number of aromatic nitrogens is 1. The Morgan fingerprint density at radius 3 is 2.26 bits per heavy atom. The van der Waals surface area contributed by atoms with Crippen molar-refractivity contribution in [2.45, 2.75) is 18.7 Å². The first kappa shape index (κ1) is 23.9. The Morgan fingerprint density at radius 1 is 1.03 bits per heavy atom. The number of piperazine rings is 1. The molecule has 1 aliphatic rings. The summed E-state index contributed by atoms with van der Waals surface area (Å²) in [7, 11) is -2.66. The fourth-order valence-corrected chi connectivity index (χ4v) is 6.90. The lowest BCUT2D eigenvalue weighted by Gasteiger charge is -2.36. The van der Waals surface area contributed by atoms with Gasteiger partial charge in [-0.05, 0) is 43.5 Å². The van der Waals surface area contributed by atoms with Crippen LogP contribution in [-0.4, -0.2) is 61.5 Å². The van der Waals surface area contributed by atoms with Crippen LogP contribution in [0.15, 0.2) is 46.7 Å². The second kappa shape index (κ2) is 9.20. The molecule has 1 fully saturated rings. The molecule has 2 aromatic heterocycles. The van der Waals surface area contributed by atoms with Gasteiger partial charge in [0.1, 0.15) is 9.77 Å². The molecule has 0 radical (unpaired) electrons. The topological polar surface area (TPSA) is 115 Å². The summed E-state index contributed by atoms with van der Waals surface area (Å²) in [4.78, 5) is 25.0. The van der Waals surface area contributed by atoms with Crippen molar-refractivity contribution < 1.29 is 22.9 Å². The number of sulfonamides is 1. The van der Waals surface area contributed by atoms with Crippen molar-refractivity contribution in [2.24, 2.45) is 0 Å². The minimum absolute atomic E-state index is 0.0136. The maximum absolute atomic E-state index is 13.2. The number of anilines is 1. The van der Waals surface area contributed by atoms with Crippen molar-refractivity contribution in [3.63, 3.8) is 0 Å². The third-order valence-electron chi connectivity index (χ3n) is 5.88. The summed E-state index contributed by atoms with van der Waals surface area (Å²) in [6.07, 6.45) is 0. The fourth-order valence-electron chi connectivity index (χ4n) is 4.17. The maximum atomic E-state index is 13.2. The minimum Gasteiger partial charge on any atom is -0.465 e. The van der Waals surface area contributed by atoms with Crippen LogP contribution in [0.5, 0.6) is 0 Å². The summed E-state index contributed by atoms with van der Waals surface area (Å²) in [5.41, 5.74) is 3.33. The number of hydrogen-bond acceptors (Lipinski definition) is 8. The molecule has 1 aliphatic heterocycles. The normalized spacial score (nSPS) is 14.9. The molecular weight excluding hydrogens is 480 g/mol. The number of rotatable bonds is 6. The van der Waals surface area contributed by atoms with Gasteiger partial charge in [0.15, 0.2) is 0 Å². The molecule has 12 heteroatoms. The molecule has 4 rings (SSSR count). The van der Waals surface area contributed by atoms with Gasteiger partial charge in [-0.1, -0.05) is 0 Å². The predicted octanol–water partition coefficient (Wildman–Crippen LogP) is 3.36. The number of nitro groups is 1. The summed E-state index contributed by atoms with van der Waals surface area (Å²) < 4.78 is 34.5. The zero-order valence-corrected chi connectivity index (χ0v) is 20.6. The summed E-state index contributed by atoms with van der Waals surface area (Å²) in [6, 6.07) is 10.0. The molecule has 0 N–H and O–H groups in total. The Morgan fingerprint density at radius 2 is 1.68 bits per heavy atom. The van der Waals surface area contributed by atoms with Crippen molar-refractivity contribution in [3.8, 4) is 5.69 Å². The molecule has 0 atom stereocenters. The van der Waals surface area contributed by atoms with Gasteiger partial charge in [-0.2, -0.15) is 4.31 Å². The molecule has 0 spiro atoms. The van der Waals surface area contributed by atoms with E-state index in [0.717, 1.165) is 28.4 Å². The molecule has 1 saturated heterocycles. The summed E-state index contributed by atoms with van der Waals surface area (Å²) in [5.74, 6) is -0.680. The van der Waals surface area contributed by atoms with E-state index in [1.807, 2.05) is 35.4 Å². The highest BCUT2D eigenvalue weighted by Crippen LogP contribution is 2.33. The zero-order valence-electron chi connectivity index (χ0n) is 18.9. The SMILES string of the molecule is COC(=O)c1sccc1S(=O)(=O)N1CCN(c2ccc([N+](=O)[O-])cc2-n2c(C)ccc2C)CC1. The van der Waals surface area contributed by atoms with Gasteiger partial charge in [0.05, 0.1) is 23.4 Å². The van der Waals surface area contributed by atoms with E-state index in [0.29, 0.717) is 18.8 Å². The van der Waals surface area contributed by atoms with Crippen LogP contribution in [0.1, 0.15) is 21.1 Å². The van der Waals surface area contributed by atoms with Crippen LogP contribution in [0.4, 0.5) is 11.4 Å². The average molecular weight is 505 g/mol. The van der Waals surface area contributed by atoms with E-state index in [1.54, 1.807) is 17.5 Å². The third-order valence-corrected chi connectivity index (χ3v) is 8.84. The monoisotopic (exact) mass is 504 g/mol. The fraction of sp³-hybridized carbons (Fsp3) is 0.318. The van der Waals surface area contributed by atoms with Gasteiger partial charge in [-0.25, -0.2) is 13.2 Å². The Hall–Kier alpha value is -3.22. The van der Waals surface area contributed by atoms with Crippen molar-refractivity contribution >= 4 is 38.7 Å². The Balaban J connectivity index is 1.62. The van der Waals surface area contributed by atoms with Gasteiger partial charge in [-0.3, -0.25) is 10.1 Å². The standard InChI is InChI=1S/C22H24N4O6S2/c1-15-4-5-16(2)25(15)19-14-17(26(28)29)6-7-18(19)23-9-11-24(12-10-23)34(30,31)20-8-13-33-21(20)22(27)32-3/h4-8,13-14H,9-12H2,1-3H3. The molecule has 0 amide bonds. The molecule has 3 aromatic rings. The number of methoxy groups -OCH3 is 1. The van der Waals surface area contributed by atoms with Gasteiger partial charge in [-0.15, -0.1) is 11.3 Å². The van der Waals surface area contributed by atoms with Crippen LogP contribution in [0.2, 0.25) is 0 Å². The van der Waals surface area contributed by atoms with Crippen LogP contribution >= 0.6 is 11.3 Å². The quantitative estimate of drug-likeness (QED) is 0.287. The first-order valence-corrected chi connectivity index (χ1v) is 12.8. The van der Waals surface area contributed by atoms with Crippen LogP contribution in [0, 0.1) is 24.0 Å². The van der Waals surface area contributed by atoms with Gasteiger partial charge in [0.25, 0.3) is 5.69 Å². The lowest BCUT2D eigenvalue weighted by atomic mass is 10.2. The Kier molecular flexibility index (Phi) is 6.47. The largest absolute Gasteiger partial charge is 0.465 e. The summed E-state index contributed by atoms with van der Waals surface area (Å²) in [6.45, 7) is 5.06. The van der Waals surface area contributed by atoms with E-state index < -0.39 is 20.9 Å². The molecule has 0 unspecified atom stereocenters. The number of esters is 1. The van der Waals surface area contributed by atoms with E-state index >= 15 is 0 Å². The molecule has 180 valence electrons. The summed E-state index contributed by atoms with van der Waals surface area (Å²) in [5, 5.41) is 13.0. The van der Waals surface area contributed by atoms with Crippen molar-refractivity contribution in [1.29, 1.82) is 0 Å². The number of non-ortho nitro benzene ring substituents is 1.